The molecule has 0 heterocycles. The zero-order valence-corrected chi connectivity index (χ0v) is 12.7. The van der Waals surface area contributed by atoms with Gasteiger partial charge in [-0.3, -0.25) is 0 Å². The fraction of sp³-hybridized carbons (Fsp3) is 0. The predicted octanol–water partition coefficient (Wildman–Crippen LogP) is 0.706. The van der Waals surface area contributed by atoms with Crippen LogP contribution in [0.1, 0.15) is 15.9 Å². The summed E-state index contributed by atoms with van der Waals surface area (Å²) in [6.07, 6.45) is 2.99. The van der Waals surface area contributed by atoms with E-state index in [0.717, 1.165) is 0 Å². The molecule has 0 aliphatic carbocycles. The summed E-state index contributed by atoms with van der Waals surface area (Å²) in [5, 5.41) is 0. The molecule has 2 rings (SSSR count). The monoisotopic (exact) mass is 332 g/mol. The molecule has 3 N–H and O–H groups in total. The van der Waals surface area contributed by atoms with E-state index in [4.69, 9.17) is 0 Å². The van der Waals surface area contributed by atoms with Crippen molar-refractivity contribution in [2.24, 2.45) is 0 Å². The third-order valence-electron chi connectivity index (χ3n) is 2.76. The van der Waals surface area contributed by atoms with E-state index >= 15 is 0 Å². The molecule has 0 amide bonds. The van der Waals surface area contributed by atoms with Crippen LogP contribution in [-0.4, -0.2) is 32.5 Å². The SMILES string of the molecule is O=C(C=Cc1ccc[c]([Ge]([OH])([OH])[OH])c1)c1ccccc1. The second kappa shape index (κ2) is 6.15. The molecular weight excluding hydrogens is 317 g/mol. The van der Waals surface area contributed by atoms with Gasteiger partial charge in [-0.25, -0.2) is 0 Å². The van der Waals surface area contributed by atoms with Crippen LogP contribution in [0, 0.1) is 0 Å². The van der Waals surface area contributed by atoms with Crippen molar-refractivity contribution in [3.05, 3.63) is 71.8 Å². The predicted molar refractivity (Wildman–Crippen MR) is 78.3 cm³/mol. The first-order valence-electron chi connectivity index (χ1n) is 6.02. The number of hydrogen-bond donors (Lipinski definition) is 3. The van der Waals surface area contributed by atoms with Crippen molar-refractivity contribution in [1.82, 2.24) is 0 Å². The minimum absolute atomic E-state index is 0.124. The summed E-state index contributed by atoms with van der Waals surface area (Å²) in [4.78, 5) is 11.9. The summed E-state index contributed by atoms with van der Waals surface area (Å²) in [5.74, 6) is -0.138. The first-order chi connectivity index (χ1) is 9.47. The number of hydrogen-bond acceptors (Lipinski definition) is 4. The Bertz CT molecular complexity index is 630. The van der Waals surface area contributed by atoms with Gasteiger partial charge in [0.2, 0.25) is 0 Å². The normalized spacial score (nSPS) is 11.8. The van der Waals surface area contributed by atoms with Gasteiger partial charge in [0, 0.05) is 0 Å². The van der Waals surface area contributed by atoms with E-state index in [1.54, 1.807) is 42.5 Å². The molecule has 0 saturated heterocycles. The first kappa shape index (κ1) is 14.7. The Morgan fingerprint density at radius 2 is 1.65 bits per heavy atom. The van der Waals surface area contributed by atoms with Crippen molar-refractivity contribution in [1.29, 1.82) is 0 Å². The van der Waals surface area contributed by atoms with Gasteiger partial charge in [-0.2, -0.15) is 0 Å². The average molecular weight is 331 g/mol. The van der Waals surface area contributed by atoms with Gasteiger partial charge >= 0.3 is 120 Å². The van der Waals surface area contributed by atoms with Crippen LogP contribution in [0.5, 0.6) is 0 Å². The maximum atomic E-state index is 11.9. The van der Waals surface area contributed by atoms with Crippen LogP contribution in [-0.2, 0) is 0 Å². The van der Waals surface area contributed by atoms with Crippen molar-refractivity contribution >= 4 is 30.5 Å². The zero-order chi connectivity index (χ0) is 14.6. The van der Waals surface area contributed by atoms with Crippen LogP contribution < -0.4 is 4.40 Å². The molecule has 0 fully saturated rings. The molecule has 0 saturated carbocycles. The van der Waals surface area contributed by atoms with E-state index in [0.29, 0.717) is 11.1 Å². The molecule has 0 unspecified atom stereocenters. The van der Waals surface area contributed by atoms with Gasteiger partial charge in [0.1, 0.15) is 0 Å². The zero-order valence-electron chi connectivity index (χ0n) is 10.6. The number of carbonyl (C=O) groups is 1. The Kier molecular flexibility index (Phi) is 4.51. The average Bonchev–Trinajstić information content (AvgIpc) is 2.45. The van der Waals surface area contributed by atoms with Crippen LogP contribution in [0.25, 0.3) is 6.08 Å². The maximum absolute atomic E-state index is 11.9. The Balaban J connectivity index is 2.18. The number of benzene rings is 2. The van der Waals surface area contributed by atoms with Crippen LogP contribution in [0.15, 0.2) is 60.7 Å². The molecule has 0 bridgehead atoms. The van der Waals surface area contributed by atoms with Crippen molar-refractivity contribution in [2.75, 3.05) is 0 Å². The quantitative estimate of drug-likeness (QED) is 0.438. The molecule has 4 nitrogen and oxygen atoms in total. The molecule has 2 aromatic rings. The fourth-order valence-electron chi connectivity index (χ4n) is 1.72. The van der Waals surface area contributed by atoms with Gasteiger partial charge in [-0.05, 0) is 0 Å². The third kappa shape index (κ3) is 3.88. The van der Waals surface area contributed by atoms with Crippen LogP contribution in [0.2, 0.25) is 0 Å². The molecule has 0 aliphatic rings. The molecule has 0 aromatic heterocycles. The second-order valence-corrected chi connectivity index (χ2v) is 8.20. The topological polar surface area (TPSA) is 77.8 Å². The molecule has 0 spiro atoms. The Morgan fingerprint density at radius 1 is 0.950 bits per heavy atom. The minimum atomic E-state index is -4.80. The van der Waals surface area contributed by atoms with Gasteiger partial charge in [-0.1, -0.05) is 0 Å². The summed E-state index contributed by atoms with van der Waals surface area (Å²) in [6, 6.07) is 15.1. The van der Waals surface area contributed by atoms with Crippen LogP contribution in [0.3, 0.4) is 0 Å². The molecule has 2 aromatic carbocycles. The van der Waals surface area contributed by atoms with Crippen LogP contribution in [0.4, 0.5) is 0 Å². The van der Waals surface area contributed by atoms with Crippen LogP contribution >= 0.6 is 0 Å². The molecule has 102 valence electrons. The van der Waals surface area contributed by atoms with Crippen molar-refractivity contribution in [3.8, 4) is 0 Å². The Hall–Kier alpha value is -1.73. The Labute approximate surface area is 120 Å². The van der Waals surface area contributed by atoms with E-state index in [9.17, 15) is 17.2 Å². The number of ketones is 1. The molecule has 0 aliphatic heterocycles. The summed E-state index contributed by atoms with van der Waals surface area (Å²) in [6.45, 7) is 0. The van der Waals surface area contributed by atoms with E-state index in [1.807, 2.05) is 6.07 Å². The van der Waals surface area contributed by atoms with Crippen molar-refractivity contribution < 1.29 is 17.2 Å². The number of carbonyl (C=O) groups excluding carboxylic acids is 1. The molecular formula is C15H14GeO4. The van der Waals surface area contributed by atoms with Gasteiger partial charge in [-0.15, -0.1) is 0 Å². The molecule has 5 heteroatoms. The third-order valence-corrected chi connectivity index (χ3v) is 5.04. The van der Waals surface area contributed by atoms with E-state index in [2.05, 4.69) is 0 Å². The van der Waals surface area contributed by atoms with E-state index in [-0.39, 0.29) is 10.2 Å². The van der Waals surface area contributed by atoms with Crippen molar-refractivity contribution in [2.45, 2.75) is 0 Å². The van der Waals surface area contributed by atoms with Crippen molar-refractivity contribution in [3.63, 3.8) is 0 Å². The van der Waals surface area contributed by atoms with Gasteiger partial charge in [0.05, 0.1) is 0 Å². The molecule has 0 atom stereocenters. The fourth-order valence-corrected chi connectivity index (χ4v) is 3.15. The second-order valence-electron chi connectivity index (χ2n) is 4.32. The first-order valence-corrected chi connectivity index (χ1v) is 9.88. The standard InChI is InChI=1S/C15H14GeO4/c17-15(13-6-2-1-3-7-13)10-9-12-5-4-8-14(11-12)16(18,19)20/h1-11,18-20H. The summed E-state index contributed by atoms with van der Waals surface area (Å²) >= 11 is -4.80. The van der Waals surface area contributed by atoms with Gasteiger partial charge in [0.15, 0.2) is 0 Å². The molecule has 20 heavy (non-hydrogen) atoms. The number of allylic oxidation sites excluding steroid dienone is 1. The number of rotatable bonds is 4. The Morgan fingerprint density at radius 3 is 2.30 bits per heavy atom. The van der Waals surface area contributed by atoms with Gasteiger partial charge < -0.3 is 0 Å². The summed E-state index contributed by atoms with van der Waals surface area (Å²) in [5.41, 5.74) is 1.21. The van der Waals surface area contributed by atoms with E-state index in [1.165, 1.54) is 18.2 Å². The van der Waals surface area contributed by atoms with Gasteiger partial charge in [0.25, 0.3) is 0 Å². The van der Waals surface area contributed by atoms with E-state index < -0.39 is 14.3 Å². The summed E-state index contributed by atoms with van der Waals surface area (Å²) in [7, 11) is 0. The molecule has 0 radical (unpaired) electrons. The summed E-state index contributed by atoms with van der Waals surface area (Å²) < 4.78 is 28.0.